The molecular weight excluding hydrogens is 402 g/mol. The van der Waals surface area contributed by atoms with E-state index in [0.29, 0.717) is 36.1 Å². The third-order valence-electron chi connectivity index (χ3n) is 4.24. The molecule has 0 saturated carbocycles. The van der Waals surface area contributed by atoms with Crippen molar-refractivity contribution in [2.45, 2.75) is 24.5 Å². The molecule has 4 aromatic rings. The van der Waals surface area contributed by atoms with Crippen molar-refractivity contribution in [3.05, 3.63) is 54.6 Å². The molecule has 2 aromatic carbocycles. The van der Waals surface area contributed by atoms with Crippen molar-refractivity contribution in [1.82, 2.24) is 40.4 Å². The molecule has 30 heavy (non-hydrogen) atoms. The van der Waals surface area contributed by atoms with Gasteiger partial charge in [0.2, 0.25) is 16.9 Å². The Morgan fingerprint density at radius 2 is 1.93 bits per heavy atom. The standard InChI is InChI=1S/C19H19N9OS/c1-30-19-22-24-26-28(19)16-10-5-9-15(13-16)20-17(29)11-6-12-27-23-18(21-25-27)14-7-3-2-4-8-14/h2-5,7-10,13H,6,11-12H2,1H3,(H,20,29). The summed E-state index contributed by atoms with van der Waals surface area (Å²) in [5.41, 5.74) is 2.38. The fourth-order valence-corrected chi connectivity index (χ4v) is 3.26. The molecule has 2 heterocycles. The second-order valence-electron chi connectivity index (χ2n) is 6.35. The maximum atomic E-state index is 12.3. The molecule has 10 nitrogen and oxygen atoms in total. The van der Waals surface area contributed by atoms with Crippen LogP contribution in [0.4, 0.5) is 5.69 Å². The summed E-state index contributed by atoms with van der Waals surface area (Å²) in [7, 11) is 0. The van der Waals surface area contributed by atoms with E-state index in [1.807, 2.05) is 60.9 Å². The van der Waals surface area contributed by atoms with Gasteiger partial charge in [-0.25, -0.2) is 0 Å². The lowest BCUT2D eigenvalue weighted by atomic mass is 10.2. The predicted octanol–water partition coefficient (Wildman–Crippen LogP) is 2.46. The number of rotatable bonds is 8. The first-order valence-electron chi connectivity index (χ1n) is 9.29. The van der Waals surface area contributed by atoms with Crippen LogP contribution in [0.3, 0.4) is 0 Å². The first-order valence-corrected chi connectivity index (χ1v) is 10.5. The predicted molar refractivity (Wildman–Crippen MR) is 112 cm³/mol. The van der Waals surface area contributed by atoms with Gasteiger partial charge in [0.1, 0.15) is 0 Å². The lowest BCUT2D eigenvalue weighted by Gasteiger charge is -2.08. The molecule has 0 atom stereocenters. The number of aryl methyl sites for hydroxylation is 1. The molecular formula is C19H19N9OS. The van der Waals surface area contributed by atoms with E-state index in [1.54, 1.807) is 4.68 Å². The van der Waals surface area contributed by atoms with Crippen LogP contribution in [0.2, 0.25) is 0 Å². The van der Waals surface area contributed by atoms with Gasteiger partial charge in [0.15, 0.2) is 0 Å². The zero-order valence-electron chi connectivity index (χ0n) is 16.2. The SMILES string of the molecule is CSc1nnnn1-c1cccc(NC(=O)CCCn2nnc(-c3ccccc3)n2)c1. The average Bonchev–Trinajstić information content (AvgIpc) is 3.44. The van der Waals surface area contributed by atoms with Gasteiger partial charge in [-0.3, -0.25) is 4.79 Å². The second-order valence-corrected chi connectivity index (χ2v) is 7.13. The Morgan fingerprint density at radius 3 is 2.77 bits per heavy atom. The van der Waals surface area contributed by atoms with Crippen LogP contribution in [-0.4, -0.2) is 52.6 Å². The second kappa shape index (κ2) is 9.27. The van der Waals surface area contributed by atoms with Crippen molar-refractivity contribution >= 4 is 23.4 Å². The lowest BCUT2D eigenvalue weighted by molar-refractivity contribution is -0.116. The minimum absolute atomic E-state index is 0.0858. The smallest absolute Gasteiger partial charge is 0.224 e. The van der Waals surface area contributed by atoms with Crippen LogP contribution in [-0.2, 0) is 11.3 Å². The largest absolute Gasteiger partial charge is 0.326 e. The highest BCUT2D eigenvalue weighted by Crippen LogP contribution is 2.19. The summed E-state index contributed by atoms with van der Waals surface area (Å²) >= 11 is 1.45. The third-order valence-corrected chi connectivity index (χ3v) is 4.86. The molecule has 0 aliphatic heterocycles. The number of hydrogen-bond donors (Lipinski definition) is 1. The number of carbonyl (C=O) groups excluding carboxylic acids is 1. The first kappa shape index (κ1) is 19.7. The topological polar surface area (TPSA) is 116 Å². The summed E-state index contributed by atoms with van der Waals surface area (Å²) in [6.45, 7) is 0.509. The molecule has 0 saturated heterocycles. The van der Waals surface area contributed by atoms with E-state index in [-0.39, 0.29) is 5.91 Å². The van der Waals surface area contributed by atoms with Gasteiger partial charge < -0.3 is 5.32 Å². The highest BCUT2D eigenvalue weighted by Gasteiger charge is 2.10. The van der Waals surface area contributed by atoms with Crippen LogP contribution >= 0.6 is 11.8 Å². The van der Waals surface area contributed by atoms with Gasteiger partial charge in [-0.1, -0.05) is 48.2 Å². The van der Waals surface area contributed by atoms with Gasteiger partial charge in [0.25, 0.3) is 0 Å². The molecule has 11 heteroatoms. The Labute approximate surface area is 176 Å². The van der Waals surface area contributed by atoms with Crippen LogP contribution in [0.5, 0.6) is 0 Å². The average molecular weight is 421 g/mol. The van der Waals surface area contributed by atoms with E-state index in [1.165, 1.54) is 16.6 Å². The van der Waals surface area contributed by atoms with Gasteiger partial charge in [-0.05, 0) is 46.5 Å². The number of nitrogens with one attached hydrogen (secondary N) is 1. The fourth-order valence-electron chi connectivity index (χ4n) is 2.83. The molecule has 0 bridgehead atoms. The molecule has 0 unspecified atom stereocenters. The first-order chi connectivity index (χ1) is 14.7. The van der Waals surface area contributed by atoms with E-state index in [2.05, 4.69) is 36.3 Å². The van der Waals surface area contributed by atoms with E-state index < -0.39 is 0 Å². The van der Waals surface area contributed by atoms with Gasteiger partial charge >= 0.3 is 0 Å². The minimum atomic E-state index is -0.0858. The van der Waals surface area contributed by atoms with Crippen LogP contribution in [0.25, 0.3) is 17.1 Å². The Bertz CT molecular complexity index is 1130. The number of hydrogen-bond acceptors (Lipinski definition) is 8. The number of aromatic nitrogens is 8. The summed E-state index contributed by atoms with van der Waals surface area (Å²) in [6.07, 6.45) is 2.84. The summed E-state index contributed by atoms with van der Waals surface area (Å²) in [5.74, 6) is 0.487. The minimum Gasteiger partial charge on any atom is -0.326 e. The van der Waals surface area contributed by atoms with E-state index in [9.17, 15) is 4.79 Å². The molecule has 152 valence electrons. The quantitative estimate of drug-likeness (QED) is 0.431. The highest BCUT2D eigenvalue weighted by atomic mass is 32.2. The molecule has 0 spiro atoms. The Kier molecular flexibility index (Phi) is 6.09. The van der Waals surface area contributed by atoms with Gasteiger partial charge in [0, 0.05) is 17.7 Å². The van der Waals surface area contributed by atoms with Gasteiger partial charge in [0.05, 0.1) is 12.2 Å². The van der Waals surface area contributed by atoms with Crippen LogP contribution in [0.1, 0.15) is 12.8 Å². The molecule has 2 aromatic heterocycles. The molecule has 1 N–H and O–H groups in total. The Hall–Kier alpha value is -3.60. The number of anilines is 1. The highest BCUT2D eigenvalue weighted by molar-refractivity contribution is 7.98. The number of thioether (sulfide) groups is 1. The summed E-state index contributed by atoms with van der Waals surface area (Å²) in [6, 6.07) is 17.0. The number of amides is 1. The lowest BCUT2D eigenvalue weighted by Crippen LogP contribution is -2.13. The number of carbonyl (C=O) groups is 1. The number of nitrogens with zero attached hydrogens (tertiary/aromatic N) is 8. The maximum absolute atomic E-state index is 12.3. The third kappa shape index (κ3) is 4.69. The van der Waals surface area contributed by atoms with Crippen molar-refractivity contribution in [3.63, 3.8) is 0 Å². The van der Waals surface area contributed by atoms with Gasteiger partial charge in [-0.2, -0.15) is 9.48 Å². The van der Waals surface area contributed by atoms with E-state index >= 15 is 0 Å². The van der Waals surface area contributed by atoms with Crippen molar-refractivity contribution in [2.75, 3.05) is 11.6 Å². The molecule has 0 radical (unpaired) electrons. The monoisotopic (exact) mass is 421 g/mol. The number of benzene rings is 2. The zero-order valence-corrected chi connectivity index (χ0v) is 17.0. The Balaban J connectivity index is 1.30. The van der Waals surface area contributed by atoms with Crippen molar-refractivity contribution < 1.29 is 4.79 Å². The number of tetrazole rings is 2. The van der Waals surface area contributed by atoms with Crippen molar-refractivity contribution in [1.29, 1.82) is 0 Å². The molecule has 0 aliphatic carbocycles. The van der Waals surface area contributed by atoms with Crippen molar-refractivity contribution in [3.8, 4) is 17.1 Å². The summed E-state index contributed by atoms with van der Waals surface area (Å²) in [5, 5.41) is 27.7. The fraction of sp³-hybridized carbons (Fsp3) is 0.211. The molecule has 0 aliphatic rings. The van der Waals surface area contributed by atoms with Crippen LogP contribution < -0.4 is 5.32 Å². The van der Waals surface area contributed by atoms with E-state index in [4.69, 9.17) is 0 Å². The van der Waals surface area contributed by atoms with Crippen LogP contribution in [0.15, 0.2) is 59.8 Å². The molecule has 0 fully saturated rings. The normalized spacial score (nSPS) is 10.8. The zero-order chi connectivity index (χ0) is 20.8. The van der Waals surface area contributed by atoms with Gasteiger partial charge in [-0.15, -0.1) is 15.3 Å². The molecule has 4 rings (SSSR count). The summed E-state index contributed by atoms with van der Waals surface area (Å²) in [4.78, 5) is 13.8. The van der Waals surface area contributed by atoms with Crippen molar-refractivity contribution in [2.24, 2.45) is 0 Å². The van der Waals surface area contributed by atoms with E-state index in [0.717, 1.165) is 11.3 Å². The Morgan fingerprint density at radius 1 is 1.07 bits per heavy atom. The maximum Gasteiger partial charge on any atom is 0.224 e. The van der Waals surface area contributed by atoms with Crippen LogP contribution in [0, 0.1) is 0 Å². The summed E-state index contributed by atoms with van der Waals surface area (Å²) < 4.78 is 1.63. The molecule has 1 amide bonds.